The molecule has 1 aromatic carbocycles. The minimum Gasteiger partial charge on any atom is -0.373 e. The standard InChI is InChI=1S/C25H25ClFN5O2/c1-13-14(2)28-24-23(18-6-5-17(26)10-20(18)27)29-21(12-32(24)25(13)33)16-7-8-34-22(9-16)19-11-31(4)30-15(19)3/h5-6,10-12,16,22H,7-9H2,1-4H3/t16-,22+/m1/s1. The molecule has 4 heterocycles. The van der Waals surface area contributed by atoms with Crippen molar-refractivity contribution in [2.24, 2.45) is 7.05 Å². The molecule has 0 bridgehead atoms. The van der Waals surface area contributed by atoms with Crippen LogP contribution in [0.1, 0.15) is 53.1 Å². The number of ether oxygens (including phenoxy) is 1. The van der Waals surface area contributed by atoms with Crippen LogP contribution in [-0.4, -0.2) is 30.8 Å². The molecule has 1 aliphatic heterocycles. The van der Waals surface area contributed by atoms with Gasteiger partial charge in [0.25, 0.3) is 5.56 Å². The molecule has 4 aromatic rings. The lowest BCUT2D eigenvalue weighted by Gasteiger charge is -2.29. The fourth-order valence-corrected chi connectivity index (χ4v) is 4.79. The number of rotatable bonds is 3. The summed E-state index contributed by atoms with van der Waals surface area (Å²) in [6.07, 6.45) is 5.02. The number of nitrogens with zero attached hydrogens (tertiary/aromatic N) is 5. The molecule has 0 saturated carbocycles. The van der Waals surface area contributed by atoms with Gasteiger partial charge in [0.1, 0.15) is 11.5 Å². The van der Waals surface area contributed by atoms with Crippen LogP contribution in [0.2, 0.25) is 5.02 Å². The van der Waals surface area contributed by atoms with E-state index in [0.29, 0.717) is 41.3 Å². The van der Waals surface area contributed by atoms with Gasteiger partial charge in [-0.25, -0.2) is 14.4 Å². The fourth-order valence-electron chi connectivity index (χ4n) is 4.63. The van der Waals surface area contributed by atoms with E-state index < -0.39 is 5.82 Å². The summed E-state index contributed by atoms with van der Waals surface area (Å²) in [5, 5.41) is 4.73. The minimum absolute atomic E-state index is 0.0189. The maximum absolute atomic E-state index is 15.0. The fraction of sp³-hybridized carbons (Fsp3) is 0.360. The summed E-state index contributed by atoms with van der Waals surface area (Å²) >= 11 is 5.98. The van der Waals surface area contributed by atoms with E-state index >= 15 is 0 Å². The SMILES string of the molecule is Cc1nn(C)cc1[C@@H]1C[C@H](c2cn3c(=O)c(C)c(C)nc3c(-c3ccc(Cl)cc3F)n2)CCO1. The van der Waals surface area contributed by atoms with Crippen LogP contribution in [-0.2, 0) is 11.8 Å². The number of aryl methyl sites for hydroxylation is 3. The van der Waals surface area contributed by atoms with Crippen LogP contribution in [0.25, 0.3) is 16.9 Å². The molecule has 1 aliphatic rings. The minimum atomic E-state index is -0.512. The van der Waals surface area contributed by atoms with Crippen LogP contribution >= 0.6 is 11.6 Å². The molecule has 9 heteroatoms. The number of aromatic nitrogens is 5. The Morgan fingerprint density at radius 3 is 2.65 bits per heavy atom. The summed E-state index contributed by atoms with van der Waals surface area (Å²) in [5.41, 5.74) is 4.54. The number of benzene rings is 1. The van der Waals surface area contributed by atoms with E-state index in [0.717, 1.165) is 17.7 Å². The van der Waals surface area contributed by atoms with Gasteiger partial charge in [-0.3, -0.25) is 13.9 Å². The van der Waals surface area contributed by atoms with Crippen LogP contribution in [0.15, 0.2) is 35.4 Å². The normalized spacial score (nSPS) is 18.5. The molecule has 2 atom stereocenters. The Kier molecular flexibility index (Phi) is 5.73. The van der Waals surface area contributed by atoms with Crippen molar-refractivity contribution in [1.29, 1.82) is 0 Å². The Morgan fingerprint density at radius 2 is 1.94 bits per heavy atom. The van der Waals surface area contributed by atoms with Gasteiger partial charge >= 0.3 is 0 Å². The summed E-state index contributed by atoms with van der Waals surface area (Å²) < 4.78 is 24.3. The van der Waals surface area contributed by atoms with Crippen molar-refractivity contribution in [2.45, 2.75) is 45.6 Å². The van der Waals surface area contributed by atoms with Gasteiger partial charge < -0.3 is 4.74 Å². The number of fused-ring (bicyclic) bond motifs is 1. The highest BCUT2D eigenvalue weighted by atomic mass is 35.5. The molecule has 0 radical (unpaired) electrons. The van der Waals surface area contributed by atoms with E-state index in [2.05, 4.69) is 10.1 Å². The van der Waals surface area contributed by atoms with Crippen molar-refractivity contribution in [2.75, 3.05) is 6.61 Å². The van der Waals surface area contributed by atoms with Gasteiger partial charge in [0.2, 0.25) is 0 Å². The van der Waals surface area contributed by atoms with E-state index in [1.54, 1.807) is 36.9 Å². The Balaban J connectivity index is 1.67. The second kappa shape index (κ2) is 8.60. The largest absolute Gasteiger partial charge is 0.373 e. The Labute approximate surface area is 201 Å². The van der Waals surface area contributed by atoms with Crippen molar-refractivity contribution >= 4 is 17.2 Å². The molecule has 3 aromatic heterocycles. The van der Waals surface area contributed by atoms with Crippen LogP contribution in [0.4, 0.5) is 4.39 Å². The zero-order valence-electron chi connectivity index (χ0n) is 19.5. The number of hydrogen-bond acceptors (Lipinski definition) is 5. The third-order valence-electron chi connectivity index (χ3n) is 6.58. The highest BCUT2D eigenvalue weighted by Crippen LogP contribution is 2.38. The monoisotopic (exact) mass is 481 g/mol. The van der Waals surface area contributed by atoms with Gasteiger partial charge in [-0.2, -0.15) is 5.10 Å². The Hall–Kier alpha value is -3.10. The third kappa shape index (κ3) is 3.91. The molecule has 0 amide bonds. The zero-order chi connectivity index (χ0) is 24.1. The molecule has 34 heavy (non-hydrogen) atoms. The predicted octanol–water partition coefficient (Wildman–Crippen LogP) is 4.84. The maximum atomic E-state index is 15.0. The highest BCUT2D eigenvalue weighted by molar-refractivity contribution is 6.30. The topological polar surface area (TPSA) is 74.3 Å². The zero-order valence-corrected chi connectivity index (χ0v) is 20.2. The van der Waals surface area contributed by atoms with E-state index in [1.807, 2.05) is 20.2 Å². The summed E-state index contributed by atoms with van der Waals surface area (Å²) in [4.78, 5) is 22.7. The predicted molar refractivity (Wildman–Crippen MR) is 128 cm³/mol. The summed E-state index contributed by atoms with van der Waals surface area (Å²) in [6, 6.07) is 4.44. The highest BCUT2D eigenvalue weighted by Gasteiger charge is 2.29. The lowest BCUT2D eigenvalue weighted by molar-refractivity contribution is 0.00421. The van der Waals surface area contributed by atoms with Crippen molar-refractivity contribution in [1.82, 2.24) is 24.1 Å². The molecule has 0 aliphatic carbocycles. The summed E-state index contributed by atoms with van der Waals surface area (Å²) in [7, 11) is 1.89. The van der Waals surface area contributed by atoms with E-state index in [-0.39, 0.29) is 28.2 Å². The first-order valence-electron chi connectivity index (χ1n) is 11.2. The summed E-state index contributed by atoms with van der Waals surface area (Å²) in [6.45, 7) is 6.03. The average molecular weight is 482 g/mol. The second-order valence-corrected chi connectivity index (χ2v) is 9.32. The quantitative estimate of drug-likeness (QED) is 0.418. The molecule has 176 valence electrons. The molecule has 0 spiro atoms. The second-order valence-electron chi connectivity index (χ2n) is 8.88. The van der Waals surface area contributed by atoms with Gasteiger partial charge in [0.05, 0.1) is 17.5 Å². The first-order valence-corrected chi connectivity index (χ1v) is 11.6. The molecule has 1 saturated heterocycles. The van der Waals surface area contributed by atoms with E-state index in [1.165, 1.54) is 10.5 Å². The van der Waals surface area contributed by atoms with Crippen LogP contribution in [0.3, 0.4) is 0 Å². The van der Waals surface area contributed by atoms with Crippen LogP contribution < -0.4 is 5.56 Å². The first-order chi connectivity index (χ1) is 16.2. The van der Waals surface area contributed by atoms with Crippen LogP contribution in [0.5, 0.6) is 0 Å². The van der Waals surface area contributed by atoms with Crippen molar-refractivity contribution in [3.63, 3.8) is 0 Å². The number of halogens is 2. The van der Waals surface area contributed by atoms with Gasteiger partial charge in [-0.1, -0.05) is 11.6 Å². The Bertz CT molecular complexity index is 1480. The smallest absolute Gasteiger partial charge is 0.261 e. The van der Waals surface area contributed by atoms with Gasteiger partial charge in [-0.15, -0.1) is 0 Å². The molecule has 5 rings (SSSR count). The lowest BCUT2D eigenvalue weighted by Crippen LogP contribution is -2.24. The molecule has 0 N–H and O–H groups in total. The molecule has 0 unspecified atom stereocenters. The molecule has 1 fully saturated rings. The van der Waals surface area contributed by atoms with Crippen molar-refractivity contribution < 1.29 is 9.13 Å². The van der Waals surface area contributed by atoms with Gasteiger partial charge in [-0.05, 0) is 51.8 Å². The maximum Gasteiger partial charge on any atom is 0.261 e. The number of hydrogen-bond donors (Lipinski definition) is 0. The van der Waals surface area contributed by atoms with Crippen LogP contribution in [0, 0.1) is 26.6 Å². The van der Waals surface area contributed by atoms with Gasteiger partial charge in [0.15, 0.2) is 5.65 Å². The summed E-state index contributed by atoms with van der Waals surface area (Å²) in [5.74, 6) is -0.493. The average Bonchev–Trinajstić information content (AvgIpc) is 3.15. The van der Waals surface area contributed by atoms with E-state index in [4.69, 9.17) is 21.3 Å². The third-order valence-corrected chi connectivity index (χ3v) is 6.82. The van der Waals surface area contributed by atoms with Gasteiger partial charge in [0, 0.05) is 59.4 Å². The molecule has 7 nitrogen and oxygen atoms in total. The van der Waals surface area contributed by atoms with Crippen molar-refractivity contribution in [3.05, 3.63) is 80.0 Å². The molecular weight excluding hydrogens is 457 g/mol. The van der Waals surface area contributed by atoms with E-state index in [9.17, 15) is 9.18 Å². The first kappa shape index (κ1) is 22.7. The Morgan fingerprint density at radius 1 is 1.15 bits per heavy atom. The van der Waals surface area contributed by atoms with Crippen molar-refractivity contribution in [3.8, 4) is 11.3 Å². The lowest BCUT2D eigenvalue weighted by atomic mass is 9.89. The molecular formula is C25H25ClFN5O2.